The van der Waals surface area contributed by atoms with Crippen molar-refractivity contribution in [2.45, 2.75) is 44.7 Å². The number of carboxylic acids is 1. The third-order valence-electron chi connectivity index (χ3n) is 4.92. The molecule has 0 radical (unpaired) electrons. The van der Waals surface area contributed by atoms with Crippen molar-refractivity contribution >= 4 is 17.3 Å². The highest BCUT2D eigenvalue weighted by Crippen LogP contribution is 2.35. The summed E-state index contributed by atoms with van der Waals surface area (Å²) in [7, 11) is 0. The molecule has 2 N–H and O–H groups in total. The molecule has 7 heteroatoms. The number of rotatable bonds is 8. The maximum absolute atomic E-state index is 11.0. The summed E-state index contributed by atoms with van der Waals surface area (Å²) in [5, 5.41) is 23.3. The average molecular weight is 333 g/mol. The van der Waals surface area contributed by atoms with E-state index in [9.17, 15) is 14.9 Å². The van der Waals surface area contributed by atoms with E-state index in [2.05, 4.69) is 10.2 Å². The first kappa shape index (κ1) is 16.7. The number of nitro groups is 1. The Morgan fingerprint density at radius 1 is 1.42 bits per heavy atom. The zero-order valence-corrected chi connectivity index (χ0v) is 13.8. The minimum atomic E-state index is -0.766. The largest absolute Gasteiger partial charge is 0.480 e. The van der Waals surface area contributed by atoms with Gasteiger partial charge in [0.15, 0.2) is 0 Å². The molecule has 2 aliphatic rings. The summed E-state index contributed by atoms with van der Waals surface area (Å²) in [4.78, 5) is 23.6. The van der Waals surface area contributed by atoms with Crippen LogP contribution in [0.25, 0.3) is 0 Å². The first-order valence-corrected chi connectivity index (χ1v) is 8.40. The number of nitro benzene ring substituents is 1. The van der Waals surface area contributed by atoms with Gasteiger partial charge in [0.1, 0.15) is 0 Å². The van der Waals surface area contributed by atoms with Crippen LogP contribution < -0.4 is 5.32 Å². The molecule has 2 saturated carbocycles. The molecule has 24 heavy (non-hydrogen) atoms. The van der Waals surface area contributed by atoms with Crippen LogP contribution in [0.1, 0.15) is 31.2 Å². The van der Waals surface area contributed by atoms with Crippen LogP contribution in [0.2, 0.25) is 0 Å². The lowest BCUT2D eigenvalue weighted by Gasteiger charge is -2.43. The van der Waals surface area contributed by atoms with E-state index in [0.717, 1.165) is 25.1 Å². The molecular weight excluding hydrogens is 310 g/mol. The predicted molar refractivity (Wildman–Crippen MR) is 90.2 cm³/mol. The fourth-order valence-corrected chi connectivity index (χ4v) is 3.34. The zero-order valence-electron chi connectivity index (χ0n) is 13.8. The van der Waals surface area contributed by atoms with Crippen molar-refractivity contribution in [3.05, 3.63) is 33.9 Å². The van der Waals surface area contributed by atoms with Crippen LogP contribution in [0.3, 0.4) is 0 Å². The van der Waals surface area contributed by atoms with Gasteiger partial charge in [-0.15, -0.1) is 0 Å². The van der Waals surface area contributed by atoms with Gasteiger partial charge < -0.3 is 10.4 Å². The second-order valence-electron chi connectivity index (χ2n) is 6.99. The van der Waals surface area contributed by atoms with E-state index in [4.69, 9.17) is 5.11 Å². The van der Waals surface area contributed by atoms with Crippen LogP contribution in [0.15, 0.2) is 18.2 Å². The molecule has 0 atom stereocenters. The van der Waals surface area contributed by atoms with Gasteiger partial charge in [-0.25, -0.2) is 0 Å². The molecule has 7 nitrogen and oxygen atoms in total. The molecule has 0 aromatic heterocycles. The minimum absolute atomic E-state index is 0.116. The van der Waals surface area contributed by atoms with Crippen LogP contribution in [-0.2, 0) is 4.79 Å². The van der Waals surface area contributed by atoms with Crippen LogP contribution in [-0.4, -0.2) is 46.1 Å². The molecule has 2 aliphatic carbocycles. The third kappa shape index (κ3) is 4.03. The Kier molecular flexibility index (Phi) is 4.71. The second kappa shape index (κ2) is 6.76. The fourth-order valence-electron chi connectivity index (χ4n) is 3.34. The number of aryl methyl sites for hydroxylation is 1. The van der Waals surface area contributed by atoms with Gasteiger partial charge in [-0.2, -0.15) is 0 Å². The fraction of sp³-hybridized carbons (Fsp3) is 0.588. The van der Waals surface area contributed by atoms with E-state index in [0.29, 0.717) is 23.6 Å². The number of hydrogen-bond donors (Lipinski definition) is 2. The molecule has 2 fully saturated rings. The Morgan fingerprint density at radius 3 is 2.67 bits per heavy atom. The van der Waals surface area contributed by atoms with E-state index in [1.165, 1.54) is 18.9 Å². The van der Waals surface area contributed by atoms with Gasteiger partial charge in [0, 0.05) is 35.9 Å². The number of nitrogens with zero attached hydrogens (tertiary/aromatic N) is 2. The van der Waals surface area contributed by atoms with Crippen LogP contribution in [0, 0.1) is 23.0 Å². The number of benzene rings is 1. The maximum Gasteiger partial charge on any atom is 0.317 e. The van der Waals surface area contributed by atoms with Gasteiger partial charge in [-0.1, -0.05) is 0 Å². The lowest BCUT2D eigenvalue weighted by molar-refractivity contribution is -0.385. The van der Waals surface area contributed by atoms with Crippen molar-refractivity contribution < 1.29 is 14.8 Å². The topological polar surface area (TPSA) is 95.7 Å². The van der Waals surface area contributed by atoms with Crippen molar-refractivity contribution in [3.63, 3.8) is 0 Å². The second-order valence-corrected chi connectivity index (χ2v) is 6.99. The van der Waals surface area contributed by atoms with Crippen LogP contribution >= 0.6 is 0 Å². The molecule has 1 aromatic rings. The van der Waals surface area contributed by atoms with E-state index in [1.807, 2.05) is 0 Å². The Morgan fingerprint density at radius 2 is 2.12 bits per heavy atom. The quantitative estimate of drug-likeness (QED) is 0.561. The summed E-state index contributed by atoms with van der Waals surface area (Å²) in [6.45, 7) is 2.74. The van der Waals surface area contributed by atoms with E-state index < -0.39 is 5.97 Å². The predicted octanol–water partition coefficient (Wildman–Crippen LogP) is 2.64. The standard InChI is InChI=1S/C17H23N3O4/c1-11-6-13(4-5-16(11)20(23)24)18-14-7-15(8-14)19(10-17(21)22)9-12-2-3-12/h4-6,12,14-15,18H,2-3,7-10H2,1H3,(H,21,22). The molecule has 0 amide bonds. The molecular formula is C17H23N3O4. The number of anilines is 1. The summed E-state index contributed by atoms with van der Waals surface area (Å²) in [5.41, 5.74) is 1.65. The zero-order chi connectivity index (χ0) is 17.3. The van der Waals surface area contributed by atoms with Gasteiger partial charge in [-0.05, 0) is 50.7 Å². The number of aliphatic carboxylic acids is 1. The number of nitrogens with one attached hydrogen (secondary N) is 1. The molecule has 0 unspecified atom stereocenters. The first-order chi connectivity index (χ1) is 11.4. The SMILES string of the molecule is Cc1cc(NC2CC(N(CC(=O)O)CC3CC3)C2)ccc1[N+](=O)[O-]. The number of hydrogen-bond acceptors (Lipinski definition) is 5. The molecule has 0 bridgehead atoms. The van der Waals surface area contributed by atoms with E-state index in [-0.39, 0.29) is 17.2 Å². The molecule has 0 saturated heterocycles. The molecule has 1 aromatic carbocycles. The average Bonchev–Trinajstić information content (AvgIpc) is 3.24. The van der Waals surface area contributed by atoms with Crippen molar-refractivity contribution in [1.82, 2.24) is 4.90 Å². The Bertz CT molecular complexity index is 639. The van der Waals surface area contributed by atoms with Gasteiger partial charge in [0.25, 0.3) is 5.69 Å². The summed E-state index contributed by atoms with van der Waals surface area (Å²) < 4.78 is 0. The molecule has 130 valence electrons. The number of carboxylic acid groups (broad SMARTS) is 1. The van der Waals surface area contributed by atoms with Crippen molar-refractivity contribution in [2.75, 3.05) is 18.4 Å². The molecule has 3 rings (SSSR count). The Hall–Kier alpha value is -2.15. The van der Waals surface area contributed by atoms with Gasteiger partial charge in [0.05, 0.1) is 11.5 Å². The van der Waals surface area contributed by atoms with Crippen LogP contribution in [0.5, 0.6) is 0 Å². The maximum atomic E-state index is 11.0. The van der Waals surface area contributed by atoms with Crippen molar-refractivity contribution in [2.24, 2.45) is 5.92 Å². The lowest BCUT2D eigenvalue weighted by Crippen LogP contribution is -2.52. The summed E-state index contributed by atoms with van der Waals surface area (Å²) >= 11 is 0. The summed E-state index contributed by atoms with van der Waals surface area (Å²) in [6, 6.07) is 5.67. The van der Waals surface area contributed by atoms with E-state index in [1.54, 1.807) is 19.1 Å². The molecule has 0 aliphatic heterocycles. The number of carbonyl (C=O) groups is 1. The van der Waals surface area contributed by atoms with Crippen LogP contribution in [0.4, 0.5) is 11.4 Å². The highest BCUT2D eigenvalue weighted by atomic mass is 16.6. The Labute approximate surface area is 140 Å². The smallest absolute Gasteiger partial charge is 0.317 e. The lowest BCUT2D eigenvalue weighted by atomic mass is 9.85. The van der Waals surface area contributed by atoms with Crippen molar-refractivity contribution in [1.29, 1.82) is 0 Å². The summed E-state index contributed by atoms with van der Waals surface area (Å²) in [6.07, 6.45) is 4.26. The Balaban J connectivity index is 1.53. The molecule has 0 heterocycles. The molecule has 0 spiro atoms. The third-order valence-corrected chi connectivity index (χ3v) is 4.92. The first-order valence-electron chi connectivity index (χ1n) is 8.40. The minimum Gasteiger partial charge on any atom is -0.480 e. The summed E-state index contributed by atoms with van der Waals surface area (Å²) in [5.74, 6) is -0.0910. The monoisotopic (exact) mass is 333 g/mol. The highest BCUT2D eigenvalue weighted by molar-refractivity contribution is 5.69. The van der Waals surface area contributed by atoms with E-state index >= 15 is 0 Å². The normalized spacial score (nSPS) is 22.9. The van der Waals surface area contributed by atoms with Gasteiger partial charge in [0.2, 0.25) is 0 Å². The van der Waals surface area contributed by atoms with Gasteiger partial charge >= 0.3 is 5.97 Å². The highest BCUT2D eigenvalue weighted by Gasteiger charge is 2.37. The van der Waals surface area contributed by atoms with Gasteiger partial charge in [-0.3, -0.25) is 19.8 Å². The van der Waals surface area contributed by atoms with Crippen molar-refractivity contribution in [3.8, 4) is 0 Å².